The van der Waals surface area contributed by atoms with Crippen molar-refractivity contribution in [2.24, 2.45) is 0 Å². The lowest BCUT2D eigenvalue weighted by Crippen LogP contribution is -2.72. The van der Waals surface area contributed by atoms with Gasteiger partial charge in [0, 0.05) is 22.5 Å². The Morgan fingerprint density at radius 2 is 0.806 bits per heavy atom. The Balaban J connectivity index is 0.975. The van der Waals surface area contributed by atoms with Gasteiger partial charge in [0.25, 0.3) is 0 Å². The number of hydrogen-bond acceptors (Lipinski definition) is 1. The molecular formula is C65H47NSi. The summed E-state index contributed by atoms with van der Waals surface area (Å²) in [7, 11) is -2.82. The molecule has 0 unspecified atom stereocenters. The predicted octanol–water partition coefficient (Wildman–Crippen LogP) is 14.5. The Labute approximate surface area is 393 Å². The average molecular weight is 870 g/mol. The summed E-state index contributed by atoms with van der Waals surface area (Å²) in [5.41, 5.74) is 16.3. The molecule has 2 aliphatic rings. The van der Waals surface area contributed by atoms with Crippen LogP contribution in [-0.2, 0) is 5.41 Å². The zero-order valence-corrected chi connectivity index (χ0v) is 38.6. The van der Waals surface area contributed by atoms with E-state index in [-0.39, 0.29) is 5.41 Å². The van der Waals surface area contributed by atoms with Crippen LogP contribution < -0.4 is 25.6 Å². The molecule has 0 aromatic heterocycles. The van der Waals surface area contributed by atoms with E-state index in [2.05, 4.69) is 267 Å². The van der Waals surface area contributed by atoms with Gasteiger partial charge in [-0.25, -0.2) is 0 Å². The van der Waals surface area contributed by atoms with Gasteiger partial charge in [0.2, 0.25) is 0 Å². The molecular weight excluding hydrogens is 823 g/mol. The monoisotopic (exact) mass is 869 g/mol. The summed E-state index contributed by atoms with van der Waals surface area (Å²) in [6.45, 7) is 4.73. The molecule has 0 spiro atoms. The molecule has 1 heterocycles. The lowest BCUT2D eigenvalue weighted by molar-refractivity contribution is 0.660. The Bertz CT molecular complexity index is 3640. The van der Waals surface area contributed by atoms with Crippen molar-refractivity contribution in [2.45, 2.75) is 19.3 Å². The number of nitrogens with zero attached hydrogens (tertiary/aromatic N) is 1. The molecule has 0 N–H and O–H groups in total. The fourth-order valence-electron chi connectivity index (χ4n) is 11.7. The lowest BCUT2D eigenvalue weighted by atomic mass is 9.82. The molecule has 0 amide bonds. The molecule has 1 nitrogen and oxygen atoms in total. The van der Waals surface area contributed by atoms with Crippen LogP contribution in [0.3, 0.4) is 0 Å². The quantitative estimate of drug-likeness (QED) is 0.144. The molecule has 1 aliphatic carbocycles. The highest BCUT2D eigenvalue weighted by Crippen LogP contribution is 2.51. The van der Waals surface area contributed by atoms with Gasteiger partial charge in [-0.15, -0.1) is 0 Å². The first-order valence-corrected chi connectivity index (χ1v) is 25.5. The predicted molar refractivity (Wildman–Crippen MR) is 287 cm³/mol. The molecule has 2 heteroatoms. The molecule has 67 heavy (non-hydrogen) atoms. The van der Waals surface area contributed by atoms with Crippen LogP contribution in [0.25, 0.3) is 66.1 Å². The molecule has 13 rings (SSSR count). The molecule has 1 aliphatic heterocycles. The molecule has 11 aromatic rings. The van der Waals surface area contributed by atoms with E-state index in [1.165, 1.54) is 97.9 Å². The Morgan fingerprint density at radius 1 is 0.313 bits per heavy atom. The average Bonchev–Trinajstić information content (AvgIpc) is 3.82. The molecule has 0 fully saturated rings. The van der Waals surface area contributed by atoms with E-state index in [4.69, 9.17) is 0 Å². The molecule has 0 bridgehead atoms. The van der Waals surface area contributed by atoms with Crippen LogP contribution in [-0.4, -0.2) is 8.07 Å². The van der Waals surface area contributed by atoms with Crippen LogP contribution >= 0.6 is 0 Å². The topological polar surface area (TPSA) is 3.24 Å². The van der Waals surface area contributed by atoms with Gasteiger partial charge >= 0.3 is 0 Å². The number of hydrogen-bond donors (Lipinski definition) is 0. The third kappa shape index (κ3) is 6.07. The van der Waals surface area contributed by atoms with Crippen LogP contribution in [0.15, 0.2) is 249 Å². The van der Waals surface area contributed by atoms with Crippen molar-refractivity contribution in [3.05, 3.63) is 260 Å². The minimum atomic E-state index is -2.82. The minimum Gasteiger partial charge on any atom is -0.310 e. The van der Waals surface area contributed by atoms with Gasteiger partial charge in [-0.1, -0.05) is 226 Å². The second-order valence-corrected chi connectivity index (χ2v) is 22.6. The van der Waals surface area contributed by atoms with Crippen molar-refractivity contribution in [2.75, 3.05) is 4.90 Å². The number of fused-ring (bicyclic) bond motifs is 8. The number of benzene rings is 11. The standard InChI is InChI=1S/C65H47NSi/c1-65(2)60-24-12-10-21-57(60)58-40-37-53(43-61(58)65)66(51-33-27-47(28-34-51)44-15-4-3-5-16-44)52-35-29-48(30-36-52)56-23-14-26-63-64(56)59-22-11-13-25-62(59)67(63,54-38-31-45-17-6-8-19-49(45)41-54)55-39-32-46-18-7-9-20-50(46)42-55/h3-43H,1-2H3. The Morgan fingerprint density at radius 3 is 1.48 bits per heavy atom. The Kier molecular flexibility index (Phi) is 8.97. The van der Waals surface area contributed by atoms with Crippen molar-refractivity contribution in [3.8, 4) is 44.5 Å². The van der Waals surface area contributed by atoms with Gasteiger partial charge in [-0.3, -0.25) is 0 Å². The summed E-state index contributed by atoms with van der Waals surface area (Å²) < 4.78 is 0. The molecule has 0 atom stereocenters. The highest BCUT2D eigenvalue weighted by molar-refractivity contribution is 7.22. The smallest absolute Gasteiger partial charge is 0.180 e. The van der Waals surface area contributed by atoms with E-state index in [0.717, 1.165) is 17.1 Å². The van der Waals surface area contributed by atoms with Gasteiger partial charge in [0.1, 0.15) is 0 Å². The maximum atomic E-state index is 2.49. The van der Waals surface area contributed by atoms with Gasteiger partial charge in [-0.05, 0) is 134 Å². The highest BCUT2D eigenvalue weighted by Gasteiger charge is 2.49. The molecule has 0 radical (unpaired) electrons. The Hall–Kier alpha value is -8.04. The van der Waals surface area contributed by atoms with Gasteiger partial charge in [0.15, 0.2) is 8.07 Å². The van der Waals surface area contributed by atoms with Gasteiger partial charge in [-0.2, -0.15) is 0 Å². The summed E-state index contributed by atoms with van der Waals surface area (Å²) in [6, 6.07) is 93.5. The maximum Gasteiger partial charge on any atom is 0.180 e. The van der Waals surface area contributed by atoms with E-state index < -0.39 is 8.07 Å². The van der Waals surface area contributed by atoms with Crippen molar-refractivity contribution in [1.29, 1.82) is 0 Å². The summed E-state index contributed by atoms with van der Waals surface area (Å²) in [5, 5.41) is 10.8. The zero-order chi connectivity index (χ0) is 44.7. The first kappa shape index (κ1) is 39.3. The molecule has 0 saturated carbocycles. The van der Waals surface area contributed by atoms with Crippen LogP contribution in [0.5, 0.6) is 0 Å². The van der Waals surface area contributed by atoms with Gasteiger partial charge in [0.05, 0.1) is 0 Å². The first-order chi connectivity index (χ1) is 33.0. The zero-order valence-electron chi connectivity index (χ0n) is 37.6. The summed E-state index contributed by atoms with van der Waals surface area (Å²) in [4.78, 5) is 2.43. The van der Waals surface area contributed by atoms with E-state index in [1.807, 2.05) is 0 Å². The lowest BCUT2D eigenvalue weighted by Gasteiger charge is -2.32. The number of rotatable bonds is 7. The SMILES string of the molecule is CC1(C)c2ccccc2-c2ccc(N(c3ccc(-c4ccccc4)cc3)c3ccc(-c4cccc5c4-c4ccccc4[Si]5(c4ccc5ccccc5c4)c4ccc5ccccc5c4)cc3)cc21. The summed E-state index contributed by atoms with van der Waals surface area (Å²) in [6.07, 6.45) is 0. The third-order valence-corrected chi connectivity index (χ3v) is 19.8. The number of anilines is 3. The summed E-state index contributed by atoms with van der Waals surface area (Å²) >= 11 is 0. The second kappa shape index (κ2) is 15.3. The first-order valence-electron chi connectivity index (χ1n) is 23.5. The van der Waals surface area contributed by atoms with Gasteiger partial charge < -0.3 is 4.90 Å². The highest BCUT2D eigenvalue weighted by atomic mass is 28.3. The molecule has 0 saturated heterocycles. The van der Waals surface area contributed by atoms with E-state index >= 15 is 0 Å². The fourth-order valence-corrected chi connectivity index (χ4v) is 16.9. The van der Waals surface area contributed by atoms with Crippen LogP contribution in [0.1, 0.15) is 25.0 Å². The summed E-state index contributed by atoms with van der Waals surface area (Å²) in [5.74, 6) is 0. The van der Waals surface area contributed by atoms with Crippen molar-refractivity contribution in [3.63, 3.8) is 0 Å². The van der Waals surface area contributed by atoms with Crippen molar-refractivity contribution < 1.29 is 0 Å². The van der Waals surface area contributed by atoms with E-state index in [1.54, 1.807) is 0 Å². The second-order valence-electron chi connectivity index (χ2n) is 18.8. The van der Waals surface area contributed by atoms with E-state index in [9.17, 15) is 0 Å². The van der Waals surface area contributed by atoms with Crippen molar-refractivity contribution in [1.82, 2.24) is 0 Å². The third-order valence-electron chi connectivity index (χ3n) is 14.9. The van der Waals surface area contributed by atoms with Crippen molar-refractivity contribution >= 4 is 67.4 Å². The van der Waals surface area contributed by atoms with Crippen LogP contribution in [0.4, 0.5) is 17.1 Å². The molecule has 11 aromatic carbocycles. The van der Waals surface area contributed by atoms with Crippen LogP contribution in [0.2, 0.25) is 0 Å². The minimum absolute atomic E-state index is 0.114. The van der Waals surface area contributed by atoms with E-state index in [0.29, 0.717) is 0 Å². The molecule has 316 valence electrons. The van der Waals surface area contributed by atoms with Crippen LogP contribution in [0, 0.1) is 0 Å². The largest absolute Gasteiger partial charge is 0.310 e. The maximum absolute atomic E-state index is 2.82. The normalized spacial score (nSPS) is 13.8. The fraction of sp³-hybridized carbons (Fsp3) is 0.0462.